The summed E-state index contributed by atoms with van der Waals surface area (Å²) in [6.45, 7) is 2.64. The Morgan fingerprint density at radius 3 is 2.68 bits per heavy atom. The fourth-order valence-electron chi connectivity index (χ4n) is 5.49. The Balaban J connectivity index is 1.20. The quantitative estimate of drug-likeness (QED) is 0.578. The molecule has 5 nitrogen and oxygen atoms in total. The van der Waals surface area contributed by atoms with E-state index in [1.165, 1.54) is 17.5 Å². The number of halogens is 3. The van der Waals surface area contributed by atoms with Crippen LogP contribution in [0.15, 0.2) is 41.9 Å². The van der Waals surface area contributed by atoms with Crippen molar-refractivity contribution < 1.29 is 18.0 Å². The summed E-state index contributed by atoms with van der Waals surface area (Å²) in [7, 11) is 0. The van der Waals surface area contributed by atoms with Gasteiger partial charge in [-0.25, -0.2) is 0 Å². The van der Waals surface area contributed by atoms with Crippen LogP contribution < -0.4 is 0 Å². The maximum absolute atomic E-state index is 12.9. The van der Waals surface area contributed by atoms with Crippen molar-refractivity contribution in [2.45, 2.75) is 63.2 Å². The summed E-state index contributed by atoms with van der Waals surface area (Å²) < 4.78 is 40.0. The molecule has 1 amide bonds. The largest absolute Gasteiger partial charge is 0.435 e. The van der Waals surface area contributed by atoms with Gasteiger partial charge in [-0.15, -0.1) is 11.8 Å². The molecule has 5 rings (SSSR count). The maximum Gasteiger partial charge on any atom is 0.435 e. The Morgan fingerprint density at radius 1 is 1.18 bits per heavy atom. The number of alkyl halides is 3. The van der Waals surface area contributed by atoms with Crippen molar-refractivity contribution in [3.8, 4) is 0 Å². The van der Waals surface area contributed by atoms with Crippen molar-refractivity contribution in [3.05, 3.63) is 64.5 Å². The average molecular weight is 491 g/mol. The number of benzene rings is 1. The second-order valence-corrected chi connectivity index (χ2v) is 10.4. The highest BCUT2D eigenvalue weighted by molar-refractivity contribution is 8.02. The van der Waals surface area contributed by atoms with E-state index >= 15 is 0 Å². The van der Waals surface area contributed by atoms with Gasteiger partial charge in [0.25, 0.3) is 0 Å². The van der Waals surface area contributed by atoms with Crippen LogP contribution in [0.5, 0.6) is 0 Å². The van der Waals surface area contributed by atoms with Gasteiger partial charge in [0.2, 0.25) is 5.91 Å². The number of amides is 1. The normalized spacial score (nSPS) is 23.4. The topological polar surface area (TPSA) is 41.4 Å². The van der Waals surface area contributed by atoms with Gasteiger partial charge in [-0.3, -0.25) is 9.48 Å². The summed E-state index contributed by atoms with van der Waals surface area (Å²) in [5.74, 6) is 0.287. The monoisotopic (exact) mass is 490 g/mol. The fourth-order valence-corrected chi connectivity index (χ4v) is 6.71. The van der Waals surface area contributed by atoms with Crippen LogP contribution in [-0.2, 0) is 23.9 Å². The lowest BCUT2D eigenvalue weighted by atomic mass is 9.86. The predicted molar refractivity (Wildman–Crippen MR) is 126 cm³/mol. The fraction of sp³-hybridized carbons (Fsp3) is 0.520. The molecule has 0 bridgehead atoms. The number of likely N-dealkylation sites (tertiary alicyclic amines) is 1. The van der Waals surface area contributed by atoms with Gasteiger partial charge in [-0.1, -0.05) is 24.3 Å². The zero-order valence-corrected chi connectivity index (χ0v) is 20.0. The lowest BCUT2D eigenvalue weighted by Crippen LogP contribution is -2.45. The molecule has 2 aliphatic heterocycles. The minimum atomic E-state index is -4.50. The first kappa shape index (κ1) is 23.3. The summed E-state index contributed by atoms with van der Waals surface area (Å²) in [5.41, 5.74) is 2.27. The van der Waals surface area contributed by atoms with Crippen molar-refractivity contribution in [1.82, 2.24) is 19.6 Å². The van der Waals surface area contributed by atoms with E-state index in [9.17, 15) is 18.0 Å². The molecule has 1 aliphatic carbocycles. The van der Waals surface area contributed by atoms with E-state index in [2.05, 4.69) is 45.9 Å². The van der Waals surface area contributed by atoms with Crippen LogP contribution in [0.2, 0.25) is 0 Å². The first-order valence-corrected chi connectivity index (χ1v) is 12.8. The van der Waals surface area contributed by atoms with Crippen molar-refractivity contribution >= 4 is 17.7 Å². The number of thioether (sulfide) groups is 1. The third kappa shape index (κ3) is 4.59. The SMILES string of the molecule is Cc1cc(C(F)(F)F)nn1CC(=O)N1CCC(C2SC=CN2C2CCCc3ccccc32)CC1. The number of hydrogen-bond acceptors (Lipinski definition) is 4. The van der Waals surface area contributed by atoms with E-state index < -0.39 is 11.9 Å². The molecule has 1 aromatic carbocycles. The van der Waals surface area contributed by atoms with Gasteiger partial charge in [0.15, 0.2) is 5.69 Å². The molecule has 3 heterocycles. The second-order valence-electron chi connectivity index (χ2n) is 9.41. The van der Waals surface area contributed by atoms with Crippen molar-refractivity contribution in [3.63, 3.8) is 0 Å². The predicted octanol–water partition coefficient (Wildman–Crippen LogP) is 5.37. The molecule has 0 spiro atoms. The van der Waals surface area contributed by atoms with E-state index in [-0.39, 0.29) is 12.5 Å². The number of aryl methyl sites for hydroxylation is 2. The highest BCUT2D eigenvalue weighted by atomic mass is 32.2. The van der Waals surface area contributed by atoms with Gasteiger partial charge >= 0.3 is 6.18 Å². The van der Waals surface area contributed by atoms with E-state index in [0.717, 1.165) is 36.4 Å². The molecule has 1 saturated heterocycles. The minimum Gasteiger partial charge on any atom is -0.357 e. The van der Waals surface area contributed by atoms with E-state index in [1.807, 2.05) is 11.8 Å². The molecule has 3 aliphatic rings. The van der Waals surface area contributed by atoms with Crippen molar-refractivity contribution in [2.24, 2.45) is 5.92 Å². The number of fused-ring (bicyclic) bond motifs is 1. The number of carbonyl (C=O) groups excluding carboxylic acids is 1. The van der Waals surface area contributed by atoms with Gasteiger partial charge in [0, 0.05) is 25.0 Å². The Morgan fingerprint density at radius 2 is 1.94 bits per heavy atom. The molecule has 34 heavy (non-hydrogen) atoms. The number of rotatable bonds is 4. The smallest absolute Gasteiger partial charge is 0.357 e. The molecule has 2 atom stereocenters. The Hall–Kier alpha value is -2.42. The molecular formula is C25H29F3N4OS. The van der Waals surface area contributed by atoms with E-state index in [1.54, 1.807) is 11.8 Å². The third-order valence-corrected chi connectivity index (χ3v) is 8.48. The highest BCUT2D eigenvalue weighted by Gasteiger charge is 2.38. The molecular weight excluding hydrogens is 461 g/mol. The van der Waals surface area contributed by atoms with Gasteiger partial charge in [0.1, 0.15) is 6.54 Å². The van der Waals surface area contributed by atoms with Gasteiger partial charge < -0.3 is 9.80 Å². The summed E-state index contributed by atoms with van der Waals surface area (Å²) >= 11 is 1.87. The summed E-state index contributed by atoms with van der Waals surface area (Å²) in [6.07, 6.45) is 3.00. The Bertz CT molecular complexity index is 1070. The molecule has 1 fully saturated rings. The molecule has 1 aromatic heterocycles. The summed E-state index contributed by atoms with van der Waals surface area (Å²) in [5, 5.41) is 6.15. The number of hydrogen-bond donors (Lipinski definition) is 0. The first-order chi connectivity index (χ1) is 16.3. The number of piperidine rings is 1. The molecule has 0 radical (unpaired) electrons. The zero-order chi connectivity index (χ0) is 23.9. The van der Waals surface area contributed by atoms with Crippen LogP contribution in [0.25, 0.3) is 0 Å². The molecule has 2 aromatic rings. The van der Waals surface area contributed by atoms with Crippen LogP contribution in [0.4, 0.5) is 13.2 Å². The average Bonchev–Trinajstić information content (AvgIpc) is 3.46. The van der Waals surface area contributed by atoms with E-state index in [0.29, 0.717) is 36.1 Å². The lowest BCUT2D eigenvalue weighted by molar-refractivity contribution is -0.142. The van der Waals surface area contributed by atoms with Gasteiger partial charge in [-0.2, -0.15) is 18.3 Å². The molecule has 0 N–H and O–H groups in total. The van der Waals surface area contributed by atoms with Crippen LogP contribution in [0.3, 0.4) is 0 Å². The Labute approximate surface area is 202 Å². The second kappa shape index (κ2) is 9.32. The van der Waals surface area contributed by atoms with Gasteiger partial charge in [0.05, 0.1) is 11.4 Å². The molecule has 2 unspecified atom stereocenters. The van der Waals surface area contributed by atoms with Crippen LogP contribution in [0, 0.1) is 12.8 Å². The number of nitrogens with zero attached hydrogens (tertiary/aromatic N) is 4. The van der Waals surface area contributed by atoms with Crippen LogP contribution in [0.1, 0.15) is 54.2 Å². The highest BCUT2D eigenvalue weighted by Crippen LogP contribution is 2.44. The lowest BCUT2D eigenvalue weighted by Gasteiger charge is -2.42. The molecule has 182 valence electrons. The van der Waals surface area contributed by atoms with Gasteiger partial charge in [-0.05, 0) is 67.5 Å². The summed E-state index contributed by atoms with van der Waals surface area (Å²) in [6, 6.07) is 10.1. The molecule has 9 heteroatoms. The zero-order valence-electron chi connectivity index (χ0n) is 19.2. The standard InChI is InChI=1S/C25H29F3N4OS/c1-17-15-22(25(26,27)28)29-32(17)16-23(33)30-11-9-19(10-12-30)24-31(13-14-34-24)21-8-4-6-18-5-2-3-7-20(18)21/h2-3,5,7,13-15,19,21,24H,4,6,8-12,16H2,1H3. The van der Waals surface area contributed by atoms with Crippen LogP contribution in [-0.4, -0.2) is 44.0 Å². The molecule has 0 saturated carbocycles. The first-order valence-electron chi connectivity index (χ1n) is 11.9. The Kier molecular flexibility index (Phi) is 6.39. The number of carbonyl (C=O) groups is 1. The third-order valence-electron chi connectivity index (χ3n) is 7.29. The number of aromatic nitrogens is 2. The van der Waals surface area contributed by atoms with Crippen molar-refractivity contribution in [2.75, 3.05) is 13.1 Å². The van der Waals surface area contributed by atoms with Crippen LogP contribution >= 0.6 is 11.8 Å². The van der Waals surface area contributed by atoms with Crippen molar-refractivity contribution in [1.29, 1.82) is 0 Å². The minimum absolute atomic E-state index is 0.155. The maximum atomic E-state index is 12.9. The summed E-state index contributed by atoms with van der Waals surface area (Å²) in [4.78, 5) is 17.1. The van der Waals surface area contributed by atoms with E-state index in [4.69, 9.17) is 0 Å².